The van der Waals surface area contributed by atoms with Gasteiger partial charge in [0.25, 0.3) is 0 Å². The minimum Gasteiger partial charge on any atom is -0.383 e. The summed E-state index contributed by atoms with van der Waals surface area (Å²) >= 11 is 0. The number of methoxy groups -OCH3 is 1. The molecule has 0 spiro atoms. The van der Waals surface area contributed by atoms with Crippen LogP contribution < -0.4 is 10.2 Å². The lowest BCUT2D eigenvalue weighted by molar-refractivity contribution is -0.116. The van der Waals surface area contributed by atoms with E-state index in [9.17, 15) is 4.79 Å². The number of benzene rings is 1. The summed E-state index contributed by atoms with van der Waals surface area (Å²) in [6.07, 6.45) is 1.42. The first-order valence-electron chi connectivity index (χ1n) is 8.11. The van der Waals surface area contributed by atoms with Crippen LogP contribution in [-0.2, 0) is 14.9 Å². The number of fused-ring (bicyclic) bond motifs is 1. The predicted octanol–water partition coefficient (Wildman–Crippen LogP) is 3.56. The van der Waals surface area contributed by atoms with Gasteiger partial charge < -0.3 is 15.0 Å². The third-order valence-corrected chi connectivity index (χ3v) is 4.81. The number of hydrogen-bond acceptors (Lipinski definition) is 3. The Balaban J connectivity index is 2.29. The van der Waals surface area contributed by atoms with Crippen LogP contribution in [0, 0.1) is 0 Å². The van der Waals surface area contributed by atoms with Crippen molar-refractivity contribution in [1.82, 2.24) is 0 Å². The molecule has 0 saturated heterocycles. The van der Waals surface area contributed by atoms with E-state index in [-0.39, 0.29) is 11.3 Å². The SMILES string of the molecule is CCCC(=O)Nc1ccc2c(c1)N(CCOC)C(C)C2(C)C. The molecular formula is C18H28N2O2. The van der Waals surface area contributed by atoms with E-state index >= 15 is 0 Å². The minimum atomic E-state index is 0.0798. The number of amides is 1. The van der Waals surface area contributed by atoms with Gasteiger partial charge in [-0.1, -0.05) is 26.8 Å². The Morgan fingerprint density at radius 1 is 1.41 bits per heavy atom. The lowest BCUT2D eigenvalue weighted by Crippen LogP contribution is -2.40. The summed E-state index contributed by atoms with van der Waals surface area (Å²) in [4.78, 5) is 14.2. The number of carbonyl (C=O) groups is 1. The molecule has 1 heterocycles. The summed E-state index contributed by atoms with van der Waals surface area (Å²) in [5.41, 5.74) is 3.52. The standard InChI is InChI=1S/C18H28N2O2/c1-6-7-17(21)19-14-8-9-15-16(12-14)20(10-11-22-5)13(2)18(15,3)4/h8-9,12-13H,6-7,10-11H2,1-5H3,(H,19,21). The first-order valence-corrected chi connectivity index (χ1v) is 8.11. The fourth-order valence-corrected chi connectivity index (χ4v) is 3.17. The Morgan fingerprint density at radius 2 is 2.14 bits per heavy atom. The lowest BCUT2D eigenvalue weighted by Gasteiger charge is -2.31. The quantitative estimate of drug-likeness (QED) is 0.873. The summed E-state index contributed by atoms with van der Waals surface area (Å²) in [6, 6.07) is 6.67. The van der Waals surface area contributed by atoms with E-state index in [0.717, 1.165) is 18.7 Å². The maximum absolute atomic E-state index is 11.8. The zero-order valence-corrected chi connectivity index (χ0v) is 14.4. The van der Waals surface area contributed by atoms with Crippen molar-refractivity contribution in [1.29, 1.82) is 0 Å². The van der Waals surface area contributed by atoms with E-state index in [1.165, 1.54) is 11.3 Å². The first-order chi connectivity index (χ1) is 10.4. The number of rotatable bonds is 6. The Labute approximate surface area is 133 Å². The topological polar surface area (TPSA) is 41.6 Å². The number of nitrogens with zero attached hydrogens (tertiary/aromatic N) is 1. The van der Waals surface area contributed by atoms with Crippen molar-refractivity contribution in [2.45, 2.75) is 52.0 Å². The van der Waals surface area contributed by atoms with Crippen molar-refractivity contribution >= 4 is 17.3 Å². The summed E-state index contributed by atoms with van der Waals surface area (Å²) in [7, 11) is 1.73. The molecule has 4 nitrogen and oxygen atoms in total. The molecule has 22 heavy (non-hydrogen) atoms. The van der Waals surface area contributed by atoms with Gasteiger partial charge in [-0.25, -0.2) is 0 Å². The van der Waals surface area contributed by atoms with E-state index < -0.39 is 0 Å². The summed E-state index contributed by atoms with van der Waals surface area (Å²) in [5.74, 6) is 0.0798. The number of carbonyl (C=O) groups excluding carboxylic acids is 1. The molecule has 0 fully saturated rings. The Kier molecular flexibility index (Phi) is 5.12. The van der Waals surface area contributed by atoms with Crippen LogP contribution >= 0.6 is 0 Å². The van der Waals surface area contributed by atoms with Gasteiger partial charge in [-0.2, -0.15) is 0 Å². The van der Waals surface area contributed by atoms with E-state index in [0.29, 0.717) is 19.1 Å². The smallest absolute Gasteiger partial charge is 0.224 e. The normalized spacial score (nSPS) is 19.1. The molecule has 2 rings (SSSR count). The van der Waals surface area contributed by atoms with Gasteiger partial charge in [0.05, 0.1) is 6.61 Å². The second kappa shape index (κ2) is 6.69. The van der Waals surface area contributed by atoms with Crippen LogP contribution in [0.15, 0.2) is 18.2 Å². The van der Waals surface area contributed by atoms with Gasteiger partial charge >= 0.3 is 0 Å². The highest BCUT2D eigenvalue weighted by Crippen LogP contribution is 2.45. The van der Waals surface area contributed by atoms with Crippen LogP contribution in [-0.4, -0.2) is 32.2 Å². The van der Waals surface area contributed by atoms with E-state index in [1.54, 1.807) is 7.11 Å². The molecule has 4 heteroatoms. The van der Waals surface area contributed by atoms with Crippen molar-refractivity contribution in [3.05, 3.63) is 23.8 Å². The monoisotopic (exact) mass is 304 g/mol. The van der Waals surface area contributed by atoms with Crippen LogP contribution in [0.5, 0.6) is 0 Å². The van der Waals surface area contributed by atoms with Gasteiger partial charge in [0.2, 0.25) is 5.91 Å². The number of anilines is 2. The largest absolute Gasteiger partial charge is 0.383 e. The van der Waals surface area contributed by atoms with Gasteiger partial charge in [0.1, 0.15) is 0 Å². The molecule has 1 unspecified atom stereocenters. The molecule has 1 aliphatic heterocycles. The summed E-state index contributed by atoms with van der Waals surface area (Å²) in [6.45, 7) is 10.4. The molecular weight excluding hydrogens is 276 g/mol. The Bertz CT molecular complexity index is 540. The summed E-state index contributed by atoms with van der Waals surface area (Å²) in [5, 5.41) is 2.99. The molecule has 1 atom stereocenters. The van der Waals surface area contributed by atoms with Crippen molar-refractivity contribution in [2.75, 3.05) is 30.5 Å². The number of nitrogens with one attached hydrogen (secondary N) is 1. The third kappa shape index (κ3) is 3.12. The molecule has 1 aromatic rings. The van der Waals surface area contributed by atoms with Crippen molar-refractivity contribution in [3.63, 3.8) is 0 Å². The van der Waals surface area contributed by atoms with Crippen LogP contribution in [0.4, 0.5) is 11.4 Å². The van der Waals surface area contributed by atoms with Gasteiger partial charge in [-0.15, -0.1) is 0 Å². The van der Waals surface area contributed by atoms with Crippen molar-refractivity contribution < 1.29 is 9.53 Å². The van der Waals surface area contributed by atoms with Crippen molar-refractivity contribution in [3.8, 4) is 0 Å². The molecule has 0 radical (unpaired) electrons. The molecule has 0 saturated carbocycles. The first kappa shape index (κ1) is 16.8. The van der Waals surface area contributed by atoms with Gasteiger partial charge in [0, 0.05) is 42.9 Å². The highest BCUT2D eigenvalue weighted by Gasteiger charge is 2.41. The second-order valence-electron chi connectivity index (χ2n) is 6.61. The molecule has 1 aliphatic rings. The molecule has 1 amide bonds. The van der Waals surface area contributed by atoms with Crippen molar-refractivity contribution in [2.24, 2.45) is 0 Å². The second-order valence-corrected chi connectivity index (χ2v) is 6.61. The zero-order chi connectivity index (χ0) is 16.3. The lowest BCUT2D eigenvalue weighted by atomic mass is 9.81. The Hall–Kier alpha value is -1.55. The van der Waals surface area contributed by atoms with E-state index in [2.05, 4.69) is 43.1 Å². The predicted molar refractivity (Wildman–Crippen MR) is 91.7 cm³/mol. The van der Waals surface area contributed by atoms with E-state index in [4.69, 9.17) is 4.74 Å². The van der Waals surface area contributed by atoms with Gasteiger partial charge in [0.15, 0.2) is 0 Å². The highest BCUT2D eigenvalue weighted by atomic mass is 16.5. The summed E-state index contributed by atoms with van der Waals surface area (Å²) < 4.78 is 5.25. The molecule has 0 bridgehead atoms. The molecule has 1 N–H and O–H groups in total. The molecule has 0 aliphatic carbocycles. The molecule has 0 aromatic heterocycles. The fourth-order valence-electron chi connectivity index (χ4n) is 3.17. The average molecular weight is 304 g/mol. The number of ether oxygens (including phenoxy) is 1. The average Bonchev–Trinajstić information content (AvgIpc) is 2.65. The highest BCUT2D eigenvalue weighted by molar-refractivity contribution is 5.91. The van der Waals surface area contributed by atoms with Crippen LogP contribution in [0.3, 0.4) is 0 Å². The number of hydrogen-bond donors (Lipinski definition) is 1. The maximum atomic E-state index is 11.8. The van der Waals surface area contributed by atoms with Crippen LogP contribution in [0.25, 0.3) is 0 Å². The minimum absolute atomic E-state index is 0.0798. The van der Waals surface area contributed by atoms with Gasteiger partial charge in [-0.05, 0) is 31.0 Å². The van der Waals surface area contributed by atoms with Gasteiger partial charge in [-0.3, -0.25) is 4.79 Å². The Morgan fingerprint density at radius 3 is 2.77 bits per heavy atom. The molecule has 1 aromatic carbocycles. The zero-order valence-electron chi connectivity index (χ0n) is 14.4. The fraction of sp³-hybridized carbons (Fsp3) is 0.611. The van der Waals surface area contributed by atoms with Crippen LogP contribution in [0.2, 0.25) is 0 Å². The third-order valence-electron chi connectivity index (χ3n) is 4.81. The maximum Gasteiger partial charge on any atom is 0.224 e. The van der Waals surface area contributed by atoms with Crippen LogP contribution in [0.1, 0.15) is 46.1 Å². The van der Waals surface area contributed by atoms with E-state index in [1.807, 2.05) is 13.0 Å². The molecule has 122 valence electrons.